The van der Waals surface area contributed by atoms with E-state index in [0.29, 0.717) is 17.4 Å². The van der Waals surface area contributed by atoms with Crippen molar-refractivity contribution in [2.45, 2.75) is 347 Å². The van der Waals surface area contributed by atoms with E-state index in [4.69, 9.17) is 18.5 Å². The van der Waals surface area contributed by atoms with Crippen LogP contribution in [-0.4, -0.2) is 70.0 Å². The van der Waals surface area contributed by atoms with E-state index >= 15 is 0 Å². The summed E-state index contributed by atoms with van der Waals surface area (Å²) in [5.41, 5.74) is 0. The van der Waals surface area contributed by atoms with Crippen molar-refractivity contribution in [3.05, 3.63) is 0 Å². The Hall–Kier alpha value is -0.990. The summed E-state index contributed by atoms with van der Waals surface area (Å²) in [5.74, 6) is -0.820. The Morgan fingerprint density at radius 2 is 0.616 bits per heavy atom. The first-order valence-corrected chi connectivity index (χ1v) is 33.7. The number of phosphoric ester groups is 1. The Morgan fingerprint density at radius 1 is 0.370 bits per heavy atom. The van der Waals surface area contributed by atoms with Crippen LogP contribution in [0.3, 0.4) is 0 Å². The fourth-order valence-electron chi connectivity index (χ4n) is 9.90. The Morgan fingerprint density at radius 3 is 0.877 bits per heavy atom. The number of nitrogens with zero attached hydrogens (tertiary/aromatic N) is 1. The lowest BCUT2D eigenvalue weighted by Crippen LogP contribution is -2.37. The molecule has 0 aliphatic carbocycles. The first-order valence-electron chi connectivity index (χ1n) is 32.2. The lowest BCUT2D eigenvalue weighted by atomic mass is 10.0. The lowest BCUT2D eigenvalue weighted by Gasteiger charge is -2.28. The third-order valence-corrected chi connectivity index (χ3v) is 15.8. The summed E-state index contributed by atoms with van der Waals surface area (Å²) >= 11 is 0. The van der Waals surface area contributed by atoms with Gasteiger partial charge in [-0.2, -0.15) is 0 Å². The molecule has 73 heavy (non-hydrogen) atoms. The molecule has 0 radical (unpaired) electrons. The zero-order valence-corrected chi connectivity index (χ0v) is 50.5. The molecule has 0 N–H and O–H groups in total. The van der Waals surface area contributed by atoms with Crippen LogP contribution in [0.5, 0.6) is 0 Å². The van der Waals surface area contributed by atoms with Crippen LogP contribution in [0.25, 0.3) is 0 Å². The number of esters is 2. The summed E-state index contributed by atoms with van der Waals surface area (Å²) in [6.07, 6.45) is 65.3. The molecule has 0 aliphatic rings. The van der Waals surface area contributed by atoms with Gasteiger partial charge in [0.15, 0.2) is 6.10 Å². The molecular formula is C63H126NO8P. The van der Waals surface area contributed by atoms with Crippen molar-refractivity contribution in [1.82, 2.24) is 0 Å². The Labute approximate surface area is 454 Å². The van der Waals surface area contributed by atoms with Crippen molar-refractivity contribution in [3.8, 4) is 0 Å². The molecule has 0 saturated heterocycles. The van der Waals surface area contributed by atoms with Gasteiger partial charge in [0.25, 0.3) is 7.82 Å². The highest BCUT2D eigenvalue weighted by Gasteiger charge is 2.22. The maximum atomic E-state index is 12.7. The second-order valence-corrected chi connectivity index (χ2v) is 24.9. The zero-order valence-electron chi connectivity index (χ0n) is 49.6. The maximum Gasteiger partial charge on any atom is 0.306 e. The highest BCUT2D eigenvalue weighted by molar-refractivity contribution is 7.45. The van der Waals surface area contributed by atoms with E-state index in [1.807, 2.05) is 21.1 Å². The standard InChI is InChI=1S/C63H126NO8P/c1-6-8-10-12-14-16-17-18-19-20-21-22-23-24-25-26-27-28-29-30-31-32-33-34-35-36-37-38-39-40-41-42-43-44-45-46-47-48-50-52-54-56-63(66)72-61(60-71-73(67,68)70-58-57-64(3,4)5)59-69-62(65)55-53-51-49-15-13-11-9-7-2/h61H,6-60H2,1-5H3. The zero-order chi connectivity index (χ0) is 53.5. The van der Waals surface area contributed by atoms with Crippen LogP contribution >= 0.6 is 7.82 Å². The average molecular weight is 1060 g/mol. The molecule has 9 nitrogen and oxygen atoms in total. The molecule has 436 valence electrons. The van der Waals surface area contributed by atoms with E-state index in [0.717, 1.165) is 32.1 Å². The number of hydrogen-bond acceptors (Lipinski definition) is 8. The molecule has 0 spiro atoms. The highest BCUT2D eigenvalue weighted by Crippen LogP contribution is 2.38. The lowest BCUT2D eigenvalue weighted by molar-refractivity contribution is -0.870. The van der Waals surface area contributed by atoms with Crippen LogP contribution in [0.15, 0.2) is 0 Å². The summed E-state index contributed by atoms with van der Waals surface area (Å²) in [6, 6.07) is 0. The van der Waals surface area contributed by atoms with Crippen LogP contribution in [0.4, 0.5) is 0 Å². The minimum absolute atomic E-state index is 0.0257. The first kappa shape index (κ1) is 72.0. The number of hydrogen-bond donors (Lipinski definition) is 0. The molecular weight excluding hydrogens is 930 g/mol. The van der Waals surface area contributed by atoms with Crippen LogP contribution in [0.1, 0.15) is 341 Å². The minimum atomic E-state index is -4.62. The Kier molecular flexibility index (Phi) is 55.0. The molecule has 0 amide bonds. The largest absolute Gasteiger partial charge is 0.756 e. The molecule has 0 bridgehead atoms. The first-order chi connectivity index (χ1) is 35.5. The van der Waals surface area contributed by atoms with Crippen LogP contribution < -0.4 is 4.89 Å². The molecule has 0 aromatic rings. The number of likely N-dealkylation sites (N-methyl/N-ethyl adjacent to an activating group) is 1. The van der Waals surface area contributed by atoms with Crippen molar-refractivity contribution >= 4 is 19.8 Å². The van der Waals surface area contributed by atoms with Crippen molar-refractivity contribution in [2.24, 2.45) is 0 Å². The minimum Gasteiger partial charge on any atom is -0.756 e. The summed E-state index contributed by atoms with van der Waals surface area (Å²) in [6.45, 7) is 4.25. The van der Waals surface area contributed by atoms with Crippen LogP contribution in [0.2, 0.25) is 0 Å². The van der Waals surface area contributed by atoms with Crippen molar-refractivity contribution in [2.75, 3.05) is 47.5 Å². The Balaban J connectivity index is 3.70. The molecule has 0 saturated carbocycles. The number of rotatable bonds is 61. The summed E-state index contributed by atoms with van der Waals surface area (Å²) in [7, 11) is 1.19. The molecule has 2 unspecified atom stereocenters. The summed E-state index contributed by atoms with van der Waals surface area (Å²) < 4.78 is 34.0. The third-order valence-electron chi connectivity index (χ3n) is 14.9. The van der Waals surface area contributed by atoms with E-state index in [9.17, 15) is 19.0 Å². The van der Waals surface area contributed by atoms with E-state index in [1.165, 1.54) is 276 Å². The van der Waals surface area contributed by atoms with Gasteiger partial charge in [-0.1, -0.05) is 316 Å². The van der Waals surface area contributed by atoms with Gasteiger partial charge in [-0.3, -0.25) is 14.2 Å². The van der Waals surface area contributed by atoms with Gasteiger partial charge in [0.05, 0.1) is 27.7 Å². The van der Waals surface area contributed by atoms with Gasteiger partial charge in [0.1, 0.15) is 19.8 Å². The van der Waals surface area contributed by atoms with Gasteiger partial charge in [-0.25, -0.2) is 0 Å². The molecule has 2 atom stereocenters. The van der Waals surface area contributed by atoms with E-state index in [-0.39, 0.29) is 32.0 Å². The normalized spacial score (nSPS) is 13.1. The second kappa shape index (κ2) is 55.8. The highest BCUT2D eigenvalue weighted by atomic mass is 31.2. The third kappa shape index (κ3) is 60.1. The Bertz CT molecular complexity index is 1200. The van der Waals surface area contributed by atoms with Gasteiger partial charge in [-0.05, 0) is 12.8 Å². The number of carbonyl (C=O) groups excluding carboxylic acids is 2. The van der Waals surface area contributed by atoms with Gasteiger partial charge in [-0.15, -0.1) is 0 Å². The molecule has 0 fully saturated rings. The number of ether oxygens (including phenoxy) is 2. The van der Waals surface area contributed by atoms with Crippen molar-refractivity contribution < 1.29 is 42.1 Å². The predicted molar refractivity (Wildman–Crippen MR) is 310 cm³/mol. The van der Waals surface area contributed by atoms with Gasteiger partial charge in [0.2, 0.25) is 0 Å². The van der Waals surface area contributed by atoms with Crippen LogP contribution in [0, 0.1) is 0 Å². The predicted octanol–water partition coefficient (Wildman–Crippen LogP) is 19.6. The SMILES string of the molecule is CCCCCCCCCCCCCCCCCCCCCCCCCCCCCCCCCCCCCCCCCCCC(=O)OC(COC(=O)CCCCCCCCCC)COP(=O)([O-])OCC[N+](C)(C)C. The van der Waals surface area contributed by atoms with Crippen LogP contribution in [-0.2, 0) is 32.7 Å². The fourth-order valence-corrected chi connectivity index (χ4v) is 10.6. The smallest absolute Gasteiger partial charge is 0.306 e. The average Bonchev–Trinajstić information content (AvgIpc) is 3.35. The van der Waals surface area contributed by atoms with Gasteiger partial charge >= 0.3 is 11.9 Å². The molecule has 0 aliphatic heterocycles. The second-order valence-electron chi connectivity index (χ2n) is 23.5. The molecule has 0 heterocycles. The molecule has 0 aromatic carbocycles. The van der Waals surface area contributed by atoms with Gasteiger partial charge < -0.3 is 27.9 Å². The topological polar surface area (TPSA) is 111 Å². The fraction of sp³-hybridized carbons (Fsp3) is 0.968. The van der Waals surface area contributed by atoms with E-state index < -0.39 is 26.5 Å². The summed E-state index contributed by atoms with van der Waals surface area (Å²) in [4.78, 5) is 37.6. The maximum absolute atomic E-state index is 12.7. The van der Waals surface area contributed by atoms with E-state index in [1.54, 1.807) is 0 Å². The quantitative estimate of drug-likeness (QED) is 0.0256. The number of carbonyl (C=O) groups is 2. The van der Waals surface area contributed by atoms with Crippen molar-refractivity contribution in [1.29, 1.82) is 0 Å². The summed E-state index contributed by atoms with van der Waals surface area (Å²) in [5, 5.41) is 0. The van der Waals surface area contributed by atoms with Crippen molar-refractivity contribution in [3.63, 3.8) is 0 Å². The molecule has 10 heteroatoms. The molecule has 0 aromatic heterocycles. The van der Waals surface area contributed by atoms with E-state index in [2.05, 4.69) is 13.8 Å². The number of unbranched alkanes of at least 4 members (excludes halogenated alkanes) is 47. The monoisotopic (exact) mass is 1060 g/mol. The number of phosphoric acid groups is 1. The molecule has 0 rings (SSSR count). The van der Waals surface area contributed by atoms with Gasteiger partial charge in [0, 0.05) is 12.8 Å². The number of quaternary nitrogens is 1.